The van der Waals surface area contributed by atoms with E-state index in [1.807, 2.05) is 35.2 Å². The third-order valence-electron chi connectivity index (χ3n) is 3.94. The molecule has 23 heavy (non-hydrogen) atoms. The number of ether oxygens (including phenoxy) is 1. The van der Waals surface area contributed by atoms with Gasteiger partial charge in [-0.3, -0.25) is 9.69 Å². The van der Waals surface area contributed by atoms with Crippen molar-refractivity contribution in [1.29, 1.82) is 0 Å². The van der Waals surface area contributed by atoms with Gasteiger partial charge in [0.05, 0.1) is 5.75 Å². The quantitative estimate of drug-likeness (QED) is 0.774. The number of primary sulfonamides is 1. The Morgan fingerprint density at radius 3 is 2.35 bits per heavy atom. The van der Waals surface area contributed by atoms with Crippen molar-refractivity contribution in [3.8, 4) is 0 Å². The minimum Gasteiger partial charge on any atom is -0.367 e. The Bertz CT molecular complexity index is 613. The van der Waals surface area contributed by atoms with Gasteiger partial charge in [-0.2, -0.15) is 0 Å². The largest absolute Gasteiger partial charge is 0.367 e. The minimum atomic E-state index is -3.45. The molecule has 0 bridgehead atoms. The highest BCUT2D eigenvalue weighted by atomic mass is 32.2. The summed E-state index contributed by atoms with van der Waals surface area (Å²) < 4.78 is 27.4. The topological polar surface area (TPSA) is 92.9 Å². The first-order valence-corrected chi connectivity index (χ1v) is 9.21. The van der Waals surface area contributed by atoms with E-state index in [1.165, 1.54) is 7.11 Å². The smallest absolute Gasteiger partial charge is 0.256 e. The van der Waals surface area contributed by atoms with E-state index in [0.717, 1.165) is 5.56 Å². The first-order valence-electron chi connectivity index (χ1n) is 7.50. The number of nitrogens with two attached hydrogens (primary N) is 1. The first kappa shape index (κ1) is 17.9. The maximum atomic E-state index is 12.6. The molecule has 2 N–H and O–H groups in total. The number of piperazine rings is 1. The molecule has 0 saturated carbocycles. The molecule has 7 nitrogen and oxygen atoms in total. The summed E-state index contributed by atoms with van der Waals surface area (Å²) in [6.07, 6.45) is -0.604. The van der Waals surface area contributed by atoms with E-state index >= 15 is 0 Å². The second-order valence-corrected chi connectivity index (χ2v) is 7.29. The Morgan fingerprint density at radius 2 is 1.83 bits per heavy atom. The number of amides is 1. The molecule has 0 aliphatic carbocycles. The number of benzene rings is 1. The molecule has 1 aliphatic rings. The maximum absolute atomic E-state index is 12.6. The van der Waals surface area contributed by atoms with Crippen LogP contribution in [0.15, 0.2) is 30.3 Å². The summed E-state index contributed by atoms with van der Waals surface area (Å²) >= 11 is 0. The first-order chi connectivity index (χ1) is 10.9. The molecular formula is C15H23N3O4S. The van der Waals surface area contributed by atoms with Crippen LogP contribution < -0.4 is 5.14 Å². The molecule has 1 aliphatic heterocycles. The van der Waals surface area contributed by atoms with Crippen molar-refractivity contribution in [1.82, 2.24) is 9.80 Å². The molecular weight excluding hydrogens is 318 g/mol. The fourth-order valence-corrected chi connectivity index (χ4v) is 3.13. The number of rotatable bonds is 6. The Labute approximate surface area is 137 Å². The molecule has 1 heterocycles. The third kappa shape index (κ3) is 5.28. The fourth-order valence-electron chi connectivity index (χ4n) is 2.62. The third-order valence-corrected chi connectivity index (χ3v) is 4.69. The highest BCUT2D eigenvalue weighted by Crippen LogP contribution is 2.20. The number of carbonyl (C=O) groups excluding carboxylic acids is 1. The Hall–Kier alpha value is -1.48. The second-order valence-electron chi connectivity index (χ2n) is 5.56. The molecule has 1 aromatic rings. The monoisotopic (exact) mass is 341 g/mol. The van der Waals surface area contributed by atoms with E-state index in [-0.39, 0.29) is 11.7 Å². The van der Waals surface area contributed by atoms with Gasteiger partial charge < -0.3 is 9.64 Å². The van der Waals surface area contributed by atoms with Gasteiger partial charge in [0.25, 0.3) is 5.91 Å². The zero-order valence-corrected chi connectivity index (χ0v) is 14.0. The summed E-state index contributed by atoms with van der Waals surface area (Å²) in [5, 5.41) is 5.01. The van der Waals surface area contributed by atoms with Gasteiger partial charge in [-0.05, 0) is 5.56 Å². The van der Waals surface area contributed by atoms with E-state index in [9.17, 15) is 13.2 Å². The van der Waals surface area contributed by atoms with Crippen LogP contribution in [0, 0.1) is 0 Å². The predicted molar refractivity (Wildman–Crippen MR) is 87.2 cm³/mol. The Morgan fingerprint density at radius 1 is 1.22 bits per heavy atom. The molecule has 1 aromatic carbocycles. The number of sulfonamides is 1. The van der Waals surface area contributed by atoms with E-state index in [4.69, 9.17) is 9.88 Å². The summed E-state index contributed by atoms with van der Waals surface area (Å²) in [6.45, 7) is 2.76. The van der Waals surface area contributed by atoms with Crippen LogP contribution in [0.25, 0.3) is 0 Å². The minimum absolute atomic E-state index is 0.0638. The van der Waals surface area contributed by atoms with E-state index in [2.05, 4.69) is 0 Å². The molecule has 1 amide bonds. The molecule has 0 spiro atoms. The van der Waals surface area contributed by atoms with Crippen molar-refractivity contribution in [2.24, 2.45) is 5.14 Å². The lowest BCUT2D eigenvalue weighted by molar-refractivity contribution is -0.144. The second kappa shape index (κ2) is 7.87. The summed E-state index contributed by atoms with van der Waals surface area (Å²) in [7, 11) is -1.92. The summed E-state index contributed by atoms with van der Waals surface area (Å²) in [5.74, 6) is -0.129. The van der Waals surface area contributed by atoms with Crippen molar-refractivity contribution >= 4 is 15.9 Å². The van der Waals surface area contributed by atoms with Crippen LogP contribution in [-0.4, -0.2) is 69.7 Å². The van der Waals surface area contributed by atoms with Gasteiger partial charge in [0.1, 0.15) is 0 Å². The lowest BCUT2D eigenvalue weighted by Gasteiger charge is -2.36. The summed E-state index contributed by atoms with van der Waals surface area (Å²) in [4.78, 5) is 16.4. The van der Waals surface area contributed by atoms with Gasteiger partial charge in [-0.25, -0.2) is 13.6 Å². The van der Waals surface area contributed by atoms with Crippen molar-refractivity contribution in [3.63, 3.8) is 0 Å². The van der Waals surface area contributed by atoms with Crippen molar-refractivity contribution in [2.75, 3.05) is 45.6 Å². The maximum Gasteiger partial charge on any atom is 0.256 e. The average molecular weight is 341 g/mol. The molecule has 1 fully saturated rings. The highest BCUT2D eigenvalue weighted by Gasteiger charge is 2.28. The number of hydrogen-bond acceptors (Lipinski definition) is 5. The molecule has 0 radical (unpaired) electrons. The van der Waals surface area contributed by atoms with Crippen LogP contribution in [-0.2, 0) is 19.6 Å². The molecule has 1 atom stereocenters. The van der Waals surface area contributed by atoms with E-state index in [1.54, 1.807) is 4.90 Å². The van der Waals surface area contributed by atoms with Crippen LogP contribution in [0.2, 0.25) is 0 Å². The number of carbonyl (C=O) groups is 1. The molecule has 1 saturated heterocycles. The van der Waals surface area contributed by atoms with E-state index in [0.29, 0.717) is 32.7 Å². The van der Waals surface area contributed by atoms with Crippen LogP contribution in [0.5, 0.6) is 0 Å². The Balaban J connectivity index is 1.90. The van der Waals surface area contributed by atoms with Crippen LogP contribution in [0.4, 0.5) is 0 Å². The molecule has 0 unspecified atom stereocenters. The van der Waals surface area contributed by atoms with Gasteiger partial charge in [0, 0.05) is 39.8 Å². The normalized spacial score (nSPS) is 17.9. The predicted octanol–water partition coefficient (Wildman–Crippen LogP) is -0.193. The van der Waals surface area contributed by atoms with Gasteiger partial charge in [0.15, 0.2) is 6.10 Å². The number of nitrogens with zero attached hydrogens (tertiary/aromatic N) is 2. The SMILES string of the molecule is CO[C@@H](C(=O)N1CCN(CCS(N)(=O)=O)CC1)c1ccccc1. The molecule has 128 valence electrons. The van der Waals surface area contributed by atoms with Crippen LogP contribution >= 0.6 is 0 Å². The molecule has 0 aromatic heterocycles. The van der Waals surface area contributed by atoms with Crippen molar-refractivity contribution in [2.45, 2.75) is 6.10 Å². The van der Waals surface area contributed by atoms with Crippen molar-refractivity contribution in [3.05, 3.63) is 35.9 Å². The zero-order valence-electron chi connectivity index (χ0n) is 13.2. The van der Waals surface area contributed by atoms with E-state index < -0.39 is 16.1 Å². The van der Waals surface area contributed by atoms with Crippen LogP contribution in [0.3, 0.4) is 0 Å². The van der Waals surface area contributed by atoms with Gasteiger partial charge in [-0.1, -0.05) is 30.3 Å². The number of hydrogen-bond donors (Lipinski definition) is 1. The molecule has 2 rings (SSSR count). The standard InChI is InChI=1S/C15H23N3O4S/c1-22-14(13-5-3-2-4-6-13)15(19)18-9-7-17(8-10-18)11-12-23(16,20)21/h2-6,14H,7-12H2,1H3,(H2,16,20,21)/t14-/m1/s1. The molecule has 8 heteroatoms. The number of methoxy groups -OCH3 is 1. The van der Waals surface area contributed by atoms with Crippen molar-refractivity contribution < 1.29 is 17.9 Å². The fraction of sp³-hybridized carbons (Fsp3) is 0.533. The van der Waals surface area contributed by atoms with Gasteiger partial charge in [0.2, 0.25) is 10.0 Å². The summed E-state index contributed by atoms with van der Waals surface area (Å²) in [6, 6.07) is 9.38. The van der Waals surface area contributed by atoms with Crippen LogP contribution in [0.1, 0.15) is 11.7 Å². The zero-order chi connectivity index (χ0) is 16.9. The Kier molecular flexibility index (Phi) is 6.11. The van der Waals surface area contributed by atoms with Gasteiger partial charge >= 0.3 is 0 Å². The summed E-state index contributed by atoms with van der Waals surface area (Å²) in [5.41, 5.74) is 0.830. The highest BCUT2D eigenvalue weighted by molar-refractivity contribution is 7.89. The van der Waals surface area contributed by atoms with Gasteiger partial charge in [-0.15, -0.1) is 0 Å². The lowest BCUT2D eigenvalue weighted by atomic mass is 10.1. The average Bonchev–Trinajstić information content (AvgIpc) is 2.54. The lowest BCUT2D eigenvalue weighted by Crippen LogP contribution is -2.51.